The Morgan fingerprint density at radius 1 is 0.961 bits per heavy atom. The lowest BCUT2D eigenvalue weighted by molar-refractivity contribution is -0.257. The van der Waals surface area contributed by atoms with Crippen molar-refractivity contribution < 1.29 is 19.0 Å². The molecule has 3 saturated carbocycles. The van der Waals surface area contributed by atoms with Crippen molar-refractivity contribution in [2.75, 3.05) is 19.8 Å². The van der Waals surface area contributed by atoms with Gasteiger partial charge in [0.25, 0.3) is 0 Å². The molecule has 1 aliphatic heterocycles. The molecule has 0 unspecified atom stereocenters. The summed E-state index contributed by atoms with van der Waals surface area (Å²) in [7, 11) is 0. The lowest BCUT2D eigenvalue weighted by Crippen LogP contribution is -2.69. The highest BCUT2D eigenvalue weighted by Gasteiger charge is 2.71. The number of allylic oxidation sites excluding steroid dienone is 1. The average molecular weight is 703 g/mol. The summed E-state index contributed by atoms with van der Waals surface area (Å²) >= 11 is 0. The molecular formula is C47H74O4. The van der Waals surface area contributed by atoms with Crippen molar-refractivity contribution in [1.29, 1.82) is 0 Å². The number of hydrogen-bond acceptors (Lipinski definition) is 4. The van der Waals surface area contributed by atoms with Crippen molar-refractivity contribution in [2.45, 2.75) is 148 Å². The van der Waals surface area contributed by atoms with Gasteiger partial charge in [-0.3, -0.25) is 4.79 Å². The standard InChI is InChI=1S/C47H74O4/c1-14-42(9,41(6,7)8)28-51-39-32(4)26-47-30-49-29-44(39,11)37(47)21-20-35-36(47)22-23-46(13)38(40(48)50-27-34-18-16-15-17-19-34)43(10,33(5)31(2)3)24-25-45(35,46)12/h15-19,22,31-33,35,37-39H,14,20-21,23-30H2,1-13H3/t32-,33-,35+,37+,38-,39+,42+,43-,44+,45-,46+,47+/m1/s1. The minimum atomic E-state index is -0.198. The summed E-state index contributed by atoms with van der Waals surface area (Å²) in [5, 5.41) is 0. The van der Waals surface area contributed by atoms with Crippen molar-refractivity contribution >= 4 is 5.97 Å². The van der Waals surface area contributed by atoms with Crippen LogP contribution in [0.3, 0.4) is 0 Å². The quantitative estimate of drug-likeness (QED) is 0.190. The van der Waals surface area contributed by atoms with Gasteiger partial charge in [-0.2, -0.15) is 0 Å². The minimum Gasteiger partial charge on any atom is -0.461 e. The Kier molecular flexibility index (Phi) is 10.2. The molecule has 0 N–H and O–H groups in total. The third-order valence-corrected chi connectivity index (χ3v) is 17.8. The molecule has 4 aliphatic carbocycles. The monoisotopic (exact) mass is 703 g/mol. The van der Waals surface area contributed by atoms with E-state index in [1.165, 1.54) is 12.8 Å². The molecule has 0 spiro atoms. The fourth-order valence-corrected chi connectivity index (χ4v) is 13.3. The highest BCUT2D eigenvalue weighted by Crippen LogP contribution is 2.75. The Morgan fingerprint density at radius 3 is 2.27 bits per heavy atom. The summed E-state index contributed by atoms with van der Waals surface area (Å²) in [5.74, 6) is 2.22. The predicted octanol–water partition coefficient (Wildman–Crippen LogP) is 11.7. The van der Waals surface area contributed by atoms with Crippen molar-refractivity contribution in [1.82, 2.24) is 0 Å². The molecule has 2 bridgehead atoms. The summed E-state index contributed by atoms with van der Waals surface area (Å²) in [6.45, 7) is 34.2. The van der Waals surface area contributed by atoms with E-state index in [2.05, 4.69) is 108 Å². The number of hydrogen-bond donors (Lipinski definition) is 0. The van der Waals surface area contributed by atoms with Crippen LogP contribution in [0, 0.1) is 73.4 Å². The number of rotatable bonds is 9. The zero-order chi connectivity index (χ0) is 37.4. The van der Waals surface area contributed by atoms with E-state index in [9.17, 15) is 4.79 Å². The molecule has 0 aromatic heterocycles. The van der Waals surface area contributed by atoms with Gasteiger partial charge in [-0.15, -0.1) is 0 Å². The highest BCUT2D eigenvalue weighted by atomic mass is 16.5. The molecule has 4 fully saturated rings. The summed E-state index contributed by atoms with van der Waals surface area (Å²) in [6.07, 6.45) is 10.7. The number of carbonyl (C=O) groups is 1. The maximum absolute atomic E-state index is 14.7. The molecule has 1 aromatic carbocycles. The van der Waals surface area contributed by atoms with E-state index in [4.69, 9.17) is 14.2 Å². The largest absolute Gasteiger partial charge is 0.461 e. The molecule has 51 heavy (non-hydrogen) atoms. The SMILES string of the molecule is CC[C@@](C)(CO[C@H]1[C@H](C)C[C@@]23COC[C@@]1(C)[C@@H]2CC[C@H]1C3=CC[C@@]2(C)[C@H](C(=O)OCc3ccccc3)[C@@](C)([C@H](C)C(C)C)CC[C@]12C)C(C)(C)C. The summed E-state index contributed by atoms with van der Waals surface area (Å²) < 4.78 is 20.3. The van der Waals surface area contributed by atoms with E-state index in [-0.39, 0.29) is 55.9 Å². The van der Waals surface area contributed by atoms with Crippen LogP contribution in [0.2, 0.25) is 0 Å². The number of benzene rings is 1. The highest BCUT2D eigenvalue weighted by molar-refractivity contribution is 5.75. The van der Waals surface area contributed by atoms with E-state index in [1.54, 1.807) is 5.57 Å². The minimum absolute atomic E-state index is 0.00350. The van der Waals surface area contributed by atoms with Gasteiger partial charge in [0.05, 0.1) is 31.8 Å². The maximum Gasteiger partial charge on any atom is 0.310 e. The zero-order valence-electron chi connectivity index (χ0n) is 34.9. The van der Waals surface area contributed by atoms with Gasteiger partial charge in [-0.05, 0) is 107 Å². The molecule has 0 radical (unpaired) electrons. The van der Waals surface area contributed by atoms with E-state index in [0.717, 1.165) is 57.5 Å². The Bertz CT molecular complexity index is 1460. The molecule has 1 aromatic rings. The van der Waals surface area contributed by atoms with Crippen LogP contribution in [-0.4, -0.2) is 31.9 Å². The van der Waals surface area contributed by atoms with Crippen LogP contribution in [0.4, 0.5) is 0 Å². The third kappa shape index (κ3) is 5.84. The van der Waals surface area contributed by atoms with Crippen LogP contribution in [0.25, 0.3) is 0 Å². The Morgan fingerprint density at radius 2 is 1.65 bits per heavy atom. The van der Waals surface area contributed by atoms with E-state index in [1.807, 2.05) is 18.2 Å². The summed E-state index contributed by atoms with van der Waals surface area (Å²) in [5.41, 5.74) is 2.74. The van der Waals surface area contributed by atoms with Crippen LogP contribution in [0.15, 0.2) is 42.0 Å². The second-order valence-electron chi connectivity index (χ2n) is 21.2. The van der Waals surface area contributed by atoms with Crippen LogP contribution in [-0.2, 0) is 25.6 Å². The molecular weight excluding hydrogens is 629 g/mol. The number of ether oxygens (including phenoxy) is 3. The van der Waals surface area contributed by atoms with Crippen LogP contribution in [0.5, 0.6) is 0 Å². The van der Waals surface area contributed by atoms with Gasteiger partial charge in [0.1, 0.15) is 6.61 Å². The van der Waals surface area contributed by atoms with Crippen LogP contribution in [0.1, 0.15) is 141 Å². The third-order valence-electron chi connectivity index (χ3n) is 17.8. The first-order chi connectivity index (χ1) is 23.7. The first-order valence-electron chi connectivity index (χ1n) is 20.8. The van der Waals surface area contributed by atoms with E-state index >= 15 is 0 Å². The van der Waals surface area contributed by atoms with Gasteiger partial charge in [0.2, 0.25) is 0 Å². The fraction of sp³-hybridized carbons (Fsp3) is 0.809. The molecule has 6 rings (SSSR count). The van der Waals surface area contributed by atoms with E-state index in [0.29, 0.717) is 36.2 Å². The first kappa shape index (κ1) is 39.1. The molecule has 1 heterocycles. The Hall–Kier alpha value is -1.65. The van der Waals surface area contributed by atoms with Crippen molar-refractivity contribution in [2.24, 2.45) is 73.4 Å². The van der Waals surface area contributed by atoms with Gasteiger partial charge in [0.15, 0.2) is 0 Å². The van der Waals surface area contributed by atoms with Crippen LogP contribution >= 0.6 is 0 Å². The van der Waals surface area contributed by atoms with Crippen molar-refractivity contribution in [3.8, 4) is 0 Å². The Labute approximate surface area is 312 Å². The lowest BCUT2D eigenvalue weighted by atomic mass is 9.34. The predicted molar refractivity (Wildman–Crippen MR) is 209 cm³/mol. The molecule has 4 nitrogen and oxygen atoms in total. The number of fused-ring (bicyclic) bond motifs is 3. The fourth-order valence-electron chi connectivity index (χ4n) is 13.3. The van der Waals surface area contributed by atoms with Gasteiger partial charge in [-0.25, -0.2) is 0 Å². The molecule has 0 amide bonds. The van der Waals surface area contributed by atoms with Gasteiger partial charge in [-0.1, -0.05) is 132 Å². The van der Waals surface area contributed by atoms with Gasteiger partial charge in [0, 0.05) is 10.8 Å². The van der Waals surface area contributed by atoms with Gasteiger partial charge < -0.3 is 14.2 Å². The molecule has 4 heteroatoms. The van der Waals surface area contributed by atoms with Crippen molar-refractivity contribution in [3.05, 3.63) is 47.5 Å². The summed E-state index contributed by atoms with van der Waals surface area (Å²) in [6, 6.07) is 10.2. The number of esters is 1. The topological polar surface area (TPSA) is 44.8 Å². The summed E-state index contributed by atoms with van der Waals surface area (Å²) in [4.78, 5) is 14.7. The second-order valence-corrected chi connectivity index (χ2v) is 21.2. The normalized spacial score (nSPS) is 42.5. The number of carbonyl (C=O) groups excluding carboxylic acids is 1. The first-order valence-corrected chi connectivity index (χ1v) is 20.8. The molecule has 5 aliphatic rings. The average Bonchev–Trinajstić information content (AvgIpc) is 3.07. The van der Waals surface area contributed by atoms with Crippen molar-refractivity contribution in [3.63, 3.8) is 0 Å². The lowest BCUT2D eigenvalue weighted by Gasteiger charge is -2.71. The Balaban J connectivity index is 1.35. The van der Waals surface area contributed by atoms with Gasteiger partial charge >= 0.3 is 5.97 Å². The molecule has 1 saturated heterocycles. The molecule has 286 valence electrons. The smallest absolute Gasteiger partial charge is 0.310 e. The second kappa shape index (κ2) is 13.3. The van der Waals surface area contributed by atoms with E-state index < -0.39 is 0 Å². The maximum atomic E-state index is 14.7. The van der Waals surface area contributed by atoms with Crippen LogP contribution < -0.4 is 0 Å². The molecule has 12 atom stereocenters. The zero-order valence-corrected chi connectivity index (χ0v) is 34.9.